The number of carbonyl (C=O) groups is 1. The molecular formula is C15H22N2O. The van der Waals surface area contributed by atoms with Gasteiger partial charge in [0.15, 0.2) is 5.78 Å². The summed E-state index contributed by atoms with van der Waals surface area (Å²) < 4.78 is 0. The maximum atomic E-state index is 12.1. The lowest BCUT2D eigenvalue weighted by Crippen LogP contribution is -2.41. The fourth-order valence-electron chi connectivity index (χ4n) is 2.67. The molecule has 1 saturated heterocycles. The topological polar surface area (TPSA) is 32.3 Å². The summed E-state index contributed by atoms with van der Waals surface area (Å²) in [7, 11) is 1.99. The summed E-state index contributed by atoms with van der Waals surface area (Å²) in [5.41, 5.74) is 0.827. The van der Waals surface area contributed by atoms with Crippen LogP contribution in [-0.2, 0) is 0 Å². The van der Waals surface area contributed by atoms with Crippen molar-refractivity contribution < 1.29 is 4.79 Å². The summed E-state index contributed by atoms with van der Waals surface area (Å²) in [4.78, 5) is 14.4. The van der Waals surface area contributed by atoms with Crippen molar-refractivity contribution in [1.82, 2.24) is 10.2 Å². The van der Waals surface area contributed by atoms with Crippen molar-refractivity contribution in [3.05, 3.63) is 35.9 Å². The highest BCUT2D eigenvalue weighted by atomic mass is 16.1. The van der Waals surface area contributed by atoms with Crippen LogP contribution in [0.15, 0.2) is 30.3 Å². The number of nitrogens with one attached hydrogen (secondary N) is 1. The second-order valence-electron chi connectivity index (χ2n) is 5.09. The number of Topliss-reactive ketones (excluding diaryl/α,β-unsaturated/α-hetero) is 1. The van der Waals surface area contributed by atoms with E-state index in [1.165, 1.54) is 12.8 Å². The van der Waals surface area contributed by atoms with Gasteiger partial charge in [-0.2, -0.15) is 0 Å². The standard InChI is InChI=1S/C15H22N2O/c1-16-10-13-6-5-9-17(11-13)12-15(18)14-7-3-2-4-8-14/h2-4,7-8,13,16H,5-6,9-12H2,1H3. The van der Waals surface area contributed by atoms with Gasteiger partial charge in [0.2, 0.25) is 0 Å². The van der Waals surface area contributed by atoms with Crippen molar-refractivity contribution in [3.8, 4) is 0 Å². The van der Waals surface area contributed by atoms with Crippen LogP contribution in [0.5, 0.6) is 0 Å². The molecule has 1 aliphatic rings. The molecule has 0 radical (unpaired) electrons. The number of benzene rings is 1. The van der Waals surface area contributed by atoms with Crippen LogP contribution in [0.25, 0.3) is 0 Å². The van der Waals surface area contributed by atoms with E-state index in [0.717, 1.165) is 25.2 Å². The smallest absolute Gasteiger partial charge is 0.176 e. The number of carbonyl (C=O) groups excluding carboxylic acids is 1. The van der Waals surface area contributed by atoms with Crippen LogP contribution in [0.4, 0.5) is 0 Å². The highest BCUT2D eigenvalue weighted by Gasteiger charge is 2.21. The van der Waals surface area contributed by atoms with E-state index in [0.29, 0.717) is 12.5 Å². The third-order valence-corrected chi connectivity index (χ3v) is 3.56. The van der Waals surface area contributed by atoms with Crippen LogP contribution < -0.4 is 5.32 Å². The lowest BCUT2D eigenvalue weighted by atomic mass is 9.97. The van der Waals surface area contributed by atoms with Gasteiger partial charge in [-0.15, -0.1) is 0 Å². The summed E-state index contributed by atoms with van der Waals surface area (Å²) in [6.45, 7) is 3.71. The lowest BCUT2D eigenvalue weighted by molar-refractivity contribution is 0.0886. The van der Waals surface area contributed by atoms with Gasteiger partial charge in [0.1, 0.15) is 0 Å². The first kappa shape index (κ1) is 13.2. The molecule has 1 unspecified atom stereocenters. The predicted octanol–water partition coefficient (Wildman–Crippen LogP) is 1.80. The summed E-state index contributed by atoms with van der Waals surface area (Å²) in [6, 6.07) is 9.59. The zero-order valence-corrected chi connectivity index (χ0v) is 11.1. The summed E-state index contributed by atoms with van der Waals surface area (Å²) in [5.74, 6) is 0.924. The number of piperidine rings is 1. The molecule has 1 fully saturated rings. The van der Waals surface area contributed by atoms with E-state index in [9.17, 15) is 4.79 Å². The fourth-order valence-corrected chi connectivity index (χ4v) is 2.67. The van der Waals surface area contributed by atoms with E-state index >= 15 is 0 Å². The average Bonchev–Trinajstić information content (AvgIpc) is 2.40. The molecule has 98 valence electrons. The first-order valence-corrected chi connectivity index (χ1v) is 6.75. The summed E-state index contributed by atoms with van der Waals surface area (Å²) in [5, 5.41) is 3.23. The van der Waals surface area contributed by atoms with Crippen LogP contribution in [0.1, 0.15) is 23.2 Å². The van der Waals surface area contributed by atoms with Crippen molar-refractivity contribution in [1.29, 1.82) is 0 Å². The zero-order valence-electron chi connectivity index (χ0n) is 11.1. The Bertz CT molecular complexity index is 375. The number of ketones is 1. The van der Waals surface area contributed by atoms with Gasteiger partial charge in [-0.1, -0.05) is 30.3 Å². The molecular weight excluding hydrogens is 224 g/mol. The van der Waals surface area contributed by atoms with Gasteiger partial charge in [0.25, 0.3) is 0 Å². The van der Waals surface area contributed by atoms with Gasteiger partial charge in [-0.05, 0) is 38.9 Å². The number of hydrogen-bond donors (Lipinski definition) is 1. The van der Waals surface area contributed by atoms with Gasteiger partial charge < -0.3 is 5.32 Å². The maximum absolute atomic E-state index is 12.1. The van der Waals surface area contributed by atoms with Gasteiger partial charge in [-0.3, -0.25) is 9.69 Å². The molecule has 0 aliphatic carbocycles. The Hall–Kier alpha value is -1.19. The molecule has 3 nitrogen and oxygen atoms in total. The Kier molecular flexibility index (Phi) is 4.90. The first-order chi connectivity index (χ1) is 8.79. The summed E-state index contributed by atoms with van der Waals surface area (Å²) >= 11 is 0. The Morgan fingerprint density at radius 2 is 2.17 bits per heavy atom. The van der Waals surface area contributed by atoms with Crippen LogP contribution in [0.3, 0.4) is 0 Å². The van der Waals surface area contributed by atoms with Gasteiger partial charge in [0, 0.05) is 12.1 Å². The van der Waals surface area contributed by atoms with Gasteiger partial charge in [-0.25, -0.2) is 0 Å². The van der Waals surface area contributed by atoms with E-state index in [1.54, 1.807) is 0 Å². The SMILES string of the molecule is CNCC1CCCN(CC(=O)c2ccccc2)C1. The number of nitrogens with zero attached hydrogens (tertiary/aromatic N) is 1. The Balaban J connectivity index is 1.87. The molecule has 1 aliphatic heterocycles. The van der Waals surface area contributed by atoms with Crippen molar-refractivity contribution in [2.75, 3.05) is 33.2 Å². The predicted molar refractivity (Wildman–Crippen MR) is 73.9 cm³/mol. The molecule has 3 heteroatoms. The van der Waals surface area contributed by atoms with E-state index < -0.39 is 0 Å². The first-order valence-electron chi connectivity index (χ1n) is 6.75. The maximum Gasteiger partial charge on any atom is 0.176 e. The van der Waals surface area contributed by atoms with Crippen LogP contribution in [0.2, 0.25) is 0 Å². The molecule has 0 aromatic heterocycles. The molecule has 18 heavy (non-hydrogen) atoms. The Morgan fingerprint density at radius 3 is 2.89 bits per heavy atom. The van der Waals surface area contributed by atoms with Gasteiger partial charge >= 0.3 is 0 Å². The molecule has 1 heterocycles. The Morgan fingerprint density at radius 1 is 1.39 bits per heavy atom. The van der Waals surface area contributed by atoms with Crippen molar-refractivity contribution >= 4 is 5.78 Å². The van der Waals surface area contributed by atoms with Crippen LogP contribution >= 0.6 is 0 Å². The van der Waals surface area contributed by atoms with Crippen molar-refractivity contribution in [2.24, 2.45) is 5.92 Å². The fraction of sp³-hybridized carbons (Fsp3) is 0.533. The molecule has 0 amide bonds. The van der Waals surface area contributed by atoms with E-state index in [2.05, 4.69) is 10.2 Å². The largest absolute Gasteiger partial charge is 0.319 e. The highest BCUT2D eigenvalue weighted by Crippen LogP contribution is 2.16. The minimum Gasteiger partial charge on any atom is -0.319 e. The van der Waals surface area contributed by atoms with E-state index in [1.807, 2.05) is 37.4 Å². The Labute approximate surface area is 109 Å². The zero-order chi connectivity index (χ0) is 12.8. The second-order valence-corrected chi connectivity index (χ2v) is 5.09. The number of likely N-dealkylation sites (tertiary alicyclic amines) is 1. The quantitative estimate of drug-likeness (QED) is 0.804. The minimum atomic E-state index is 0.237. The van der Waals surface area contributed by atoms with Crippen LogP contribution in [0, 0.1) is 5.92 Å². The molecule has 1 aromatic rings. The average molecular weight is 246 g/mol. The third kappa shape index (κ3) is 3.65. The van der Waals surface area contributed by atoms with Gasteiger partial charge in [0.05, 0.1) is 6.54 Å². The molecule has 0 bridgehead atoms. The summed E-state index contributed by atoms with van der Waals surface area (Å²) in [6.07, 6.45) is 2.48. The minimum absolute atomic E-state index is 0.237. The molecule has 1 atom stereocenters. The molecule has 0 spiro atoms. The monoisotopic (exact) mass is 246 g/mol. The van der Waals surface area contributed by atoms with Crippen LogP contribution in [-0.4, -0.2) is 43.9 Å². The normalized spacial score (nSPS) is 20.8. The second kappa shape index (κ2) is 6.66. The molecule has 1 N–H and O–H groups in total. The van der Waals surface area contributed by atoms with Crippen molar-refractivity contribution in [2.45, 2.75) is 12.8 Å². The molecule has 2 rings (SSSR count). The third-order valence-electron chi connectivity index (χ3n) is 3.56. The number of rotatable bonds is 5. The number of hydrogen-bond acceptors (Lipinski definition) is 3. The molecule has 0 saturated carbocycles. The van der Waals surface area contributed by atoms with Crippen molar-refractivity contribution in [3.63, 3.8) is 0 Å². The highest BCUT2D eigenvalue weighted by molar-refractivity contribution is 5.97. The van der Waals surface area contributed by atoms with E-state index in [-0.39, 0.29) is 5.78 Å². The molecule has 1 aromatic carbocycles. The lowest BCUT2D eigenvalue weighted by Gasteiger charge is -2.32. The van der Waals surface area contributed by atoms with E-state index in [4.69, 9.17) is 0 Å².